The molecule has 0 bridgehead atoms. The molecule has 0 heterocycles. The summed E-state index contributed by atoms with van der Waals surface area (Å²) in [4.78, 5) is 21.6. The highest BCUT2D eigenvalue weighted by Gasteiger charge is 2.35. The fourth-order valence-electron chi connectivity index (χ4n) is 1.95. The molecule has 0 radical (unpaired) electrons. The van der Waals surface area contributed by atoms with Gasteiger partial charge in [0.25, 0.3) is 0 Å². The van der Waals surface area contributed by atoms with Gasteiger partial charge in [-0.2, -0.15) is 0 Å². The molecule has 1 saturated carbocycles. The van der Waals surface area contributed by atoms with Gasteiger partial charge in [-0.05, 0) is 25.2 Å². The van der Waals surface area contributed by atoms with Crippen LogP contribution in [0, 0.1) is 11.8 Å². The van der Waals surface area contributed by atoms with Crippen LogP contribution in [0.1, 0.15) is 33.1 Å². The fourth-order valence-corrected chi connectivity index (χ4v) is 1.95. The van der Waals surface area contributed by atoms with E-state index in [-0.39, 0.29) is 0 Å². The highest BCUT2D eigenvalue weighted by atomic mass is 16.5. The van der Waals surface area contributed by atoms with Crippen molar-refractivity contribution in [1.29, 1.82) is 0 Å². The van der Waals surface area contributed by atoms with Crippen LogP contribution in [0.3, 0.4) is 0 Å². The molecule has 2 unspecified atom stereocenters. The van der Waals surface area contributed by atoms with E-state index in [2.05, 4.69) is 6.92 Å². The molecule has 0 aliphatic heterocycles. The zero-order valence-corrected chi connectivity index (χ0v) is 8.53. The van der Waals surface area contributed by atoms with E-state index in [1.54, 1.807) is 0 Å². The summed E-state index contributed by atoms with van der Waals surface area (Å²) < 4.78 is 5.02. The van der Waals surface area contributed by atoms with Gasteiger partial charge in [0.1, 0.15) is 6.10 Å². The largest absolute Gasteiger partial charge is 0.481 e. The quantitative estimate of drug-likeness (QED) is 0.685. The smallest absolute Gasteiger partial charge is 0.310 e. The molecule has 1 aliphatic carbocycles. The van der Waals surface area contributed by atoms with E-state index in [4.69, 9.17) is 9.84 Å². The molecule has 1 rings (SSSR count). The molecule has 3 atom stereocenters. The maximum absolute atomic E-state index is 10.9. The van der Waals surface area contributed by atoms with Crippen LogP contribution in [-0.4, -0.2) is 23.1 Å². The maximum atomic E-state index is 10.9. The van der Waals surface area contributed by atoms with Gasteiger partial charge >= 0.3 is 11.9 Å². The molecule has 0 aromatic carbocycles. The Morgan fingerprint density at radius 1 is 1.36 bits per heavy atom. The zero-order chi connectivity index (χ0) is 10.7. The van der Waals surface area contributed by atoms with Gasteiger partial charge in [0.05, 0.1) is 5.92 Å². The molecule has 1 aliphatic rings. The fraction of sp³-hybridized carbons (Fsp3) is 0.800. The van der Waals surface area contributed by atoms with Gasteiger partial charge in [-0.25, -0.2) is 0 Å². The van der Waals surface area contributed by atoms with Crippen LogP contribution < -0.4 is 0 Å². The summed E-state index contributed by atoms with van der Waals surface area (Å²) in [6.45, 7) is 3.37. The number of ether oxygens (including phenoxy) is 1. The predicted octanol–water partition coefficient (Wildman–Crippen LogP) is 1.44. The third-order valence-electron chi connectivity index (χ3n) is 2.69. The summed E-state index contributed by atoms with van der Waals surface area (Å²) in [7, 11) is 0. The van der Waals surface area contributed by atoms with Crippen LogP contribution in [0.5, 0.6) is 0 Å². The van der Waals surface area contributed by atoms with Crippen LogP contribution in [0.2, 0.25) is 0 Å². The third kappa shape index (κ3) is 2.72. The van der Waals surface area contributed by atoms with Crippen molar-refractivity contribution in [3.63, 3.8) is 0 Å². The number of carbonyl (C=O) groups excluding carboxylic acids is 1. The van der Waals surface area contributed by atoms with Crippen molar-refractivity contribution in [2.45, 2.75) is 39.2 Å². The maximum Gasteiger partial charge on any atom is 0.310 e. The Morgan fingerprint density at radius 3 is 2.50 bits per heavy atom. The predicted molar refractivity (Wildman–Crippen MR) is 49.7 cm³/mol. The summed E-state index contributed by atoms with van der Waals surface area (Å²) in [5.74, 6) is -1.33. The number of rotatable bonds is 2. The molecule has 1 N–H and O–H groups in total. The van der Waals surface area contributed by atoms with E-state index in [1.165, 1.54) is 6.92 Å². The molecule has 4 nitrogen and oxygen atoms in total. The van der Waals surface area contributed by atoms with Crippen molar-refractivity contribution < 1.29 is 19.4 Å². The molecule has 80 valence electrons. The standard InChI is InChI=1S/C10H16O4/c1-6-3-4-8(10(12)13)9(5-6)14-7(2)11/h6,8-9H,3-5H2,1-2H3,(H,12,13)/t6-,8?,9?/m1/s1. The second-order valence-corrected chi connectivity index (χ2v) is 4.01. The third-order valence-corrected chi connectivity index (χ3v) is 2.69. The van der Waals surface area contributed by atoms with E-state index in [1.807, 2.05) is 0 Å². The van der Waals surface area contributed by atoms with E-state index in [0.717, 1.165) is 6.42 Å². The molecule has 14 heavy (non-hydrogen) atoms. The molecule has 0 saturated heterocycles. The average molecular weight is 200 g/mol. The summed E-state index contributed by atoms with van der Waals surface area (Å²) in [6.07, 6.45) is 1.73. The van der Waals surface area contributed by atoms with Crippen LogP contribution >= 0.6 is 0 Å². The lowest BCUT2D eigenvalue weighted by atomic mass is 9.80. The lowest BCUT2D eigenvalue weighted by molar-refractivity contribution is -0.160. The van der Waals surface area contributed by atoms with Crippen molar-refractivity contribution in [2.24, 2.45) is 11.8 Å². The highest BCUT2D eigenvalue weighted by molar-refractivity contribution is 5.72. The van der Waals surface area contributed by atoms with Gasteiger partial charge < -0.3 is 9.84 Å². The number of esters is 1. The molecule has 1 fully saturated rings. The normalized spacial score (nSPS) is 32.3. The first kappa shape index (κ1) is 11.0. The van der Waals surface area contributed by atoms with Crippen molar-refractivity contribution in [3.05, 3.63) is 0 Å². The first-order valence-corrected chi connectivity index (χ1v) is 4.90. The van der Waals surface area contributed by atoms with E-state index in [0.29, 0.717) is 18.8 Å². The second-order valence-electron chi connectivity index (χ2n) is 4.01. The summed E-state index contributed by atoms with van der Waals surface area (Å²) in [5, 5.41) is 8.92. The number of carboxylic acids is 1. The monoisotopic (exact) mass is 200 g/mol. The van der Waals surface area contributed by atoms with Crippen LogP contribution in [-0.2, 0) is 14.3 Å². The minimum absolute atomic E-state index is 0.393. The second kappa shape index (κ2) is 4.44. The molecule has 0 spiro atoms. The number of hydrogen-bond acceptors (Lipinski definition) is 3. The Kier molecular flexibility index (Phi) is 3.49. The first-order chi connectivity index (χ1) is 6.50. The SMILES string of the molecule is CC(=O)OC1C[C@H](C)CCC1C(=O)O. The van der Waals surface area contributed by atoms with E-state index in [9.17, 15) is 9.59 Å². The average Bonchev–Trinajstić information content (AvgIpc) is 2.01. The van der Waals surface area contributed by atoms with Gasteiger partial charge in [-0.15, -0.1) is 0 Å². The first-order valence-electron chi connectivity index (χ1n) is 4.90. The molecule has 0 amide bonds. The van der Waals surface area contributed by atoms with Crippen molar-refractivity contribution in [2.75, 3.05) is 0 Å². The van der Waals surface area contributed by atoms with Crippen LogP contribution in [0.25, 0.3) is 0 Å². The molecular weight excluding hydrogens is 184 g/mol. The Balaban J connectivity index is 2.63. The van der Waals surface area contributed by atoms with E-state index >= 15 is 0 Å². The zero-order valence-electron chi connectivity index (χ0n) is 8.53. The minimum Gasteiger partial charge on any atom is -0.481 e. The topological polar surface area (TPSA) is 63.6 Å². The van der Waals surface area contributed by atoms with Gasteiger partial charge in [0, 0.05) is 6.92 Å². The summed E-state index contributed by atoms with van der Waals surface area (Å²) >= 11 is 0. The number of carboxylic acid groups (broad SMARTS) is 1. The summed E-state index contributed by atoms with van der Waals surface area (Å²) in [5.41, 5.74) is 0. The lowest BCUT2D eigenvalue weighted by Crippen LogP contribution is -2.37. The van der Waals surface area contributed by atoms with Crippen LogP contribution in [0.15, 0.2) is 0 Å². The number of aliphatic carboxylic acids is 1. The van der Waals surface area contributed by atoms with Gasteiger partial charge in [0.15, 0.2) is 0 Å². The van der Waals surface area contributed by atoms with Crippen LogP contribution in [0.4, 0.5) is 0 Å². The Morgan fingerprint density at radius 2 is 2.00 bits per heavy atom. The Bertz CT molecular complexity index is 236. The minimum atomic E-state index is -0.858. The van der Waals surface area contributed by atoms with Gasteiger partial charge in [0.2, 0.25) is 0 Å². The molecular formula is C10H16O4. The van der Waals surface area contributed by atoms with Gasteiger partial charge in [-0.3, -0.25) is 9.59 Å². The Hall–Kier alpha value is -1.06. The van der Waals surface area contributed by atoms with E-state index < -0.39 is 24.0 Å². The van der Waals surface area contributed by atoms with Crippen molar-refractivity contribution in [1.82, 2.24) is 0 Å². The lowest BCUT2D eigenvalue weighted by Gasteiger charge is -2.31. The van der Waals surface area contributed by atoms with Gasteiger partial charge in [-0.1, -0.05) is 6.92 Å². The molecule has 0 aromatic rings. The molecule has 0 aromatic heterocycles. The highest BCUT2D eigenvalue weighted by Crippen LogP contribution is 2.31. The summed E-state index contributed by atoms with van der Waals surface area (Å²) in [6, 6.07) is 0. The van der Waals surface area contributed by atoms with Crippen molar-refractivity contribution in [3.8, 4) is 0 Å². The number of hydrogen-bond donors (Lipinski definition) is 1. The number of carbonyl (C=O) groups is 2. The van der Waals surface area contributed by atoms with Crippen molar-refractivity contribution >= 4 is 11.9 Å². The molecule has 4 heteroatoms. The Labute approximate surface area is 83.2 Å².